The van der Waals surface area contributed by atoms with Crippen molar-refractivity contribution in [3.63, 3.8) is 0 Å². The molecule has 0 radical (unpaired) electrons. The Morgan fingerprint density at radius 2 is 2.09 bits per heavy atom. The number of hydrogen-bond donors (Lipinski definition) is 1. The van der Waals surface area contributed by atoms with Crippen LogP contribution in [0.1, 0.15) is 36.2 Å². The largest absolute Gasteiger partial charge is 0.464 e. The van der Waals surface area contributed by atoms with Gasteiger partial charge in [0.05, 0.1) is 19.1 Å². The predicted octanol–water partition coefficient (Wildman–Crippen LogP) is 2.59. The molecule has 1 amide bonds. The highest BCUT2D eigenvalue weighted by Crippen LogP contribution is 2.24. The Balaban J connectivity index is 1.84. The zero-order valence-corrected chi connectivity index (χ0v) is 13.1. The van der Waals surface area contributed by atoms with E-state index in [-0.39, 0.29) is 18.5 Å². The molecule has 0 bridgehead atoms. The van der Waals surface area contributed by atoms with E-state index in [1.807, 2.05) is 0 Å². The van der Waals surface area contributed by atoms with Crippen molar-refractivity contribution in [2.45, 2.75) is 38.3 Å². The molecule has 2 aromatic heterocycles. The molecule has 0 unspecified atom stereocenters. The van der Waals surface area contributed by atoms with Crippen LogP contribution in [0.15, 0.2) is 34.9 Å². The molecule has 1 aliphatic rings. The number of rotatable bonds is 5. The fraction of sp³-hybridized carbons (Fsp3) is 0.412. The maximum absolute atomic E-state index is 12.3. The molecule has 0 atom stereocenters. The lowest BCUT2D eigenvalue weighted by Gasteiger charge is -2.15. The fourth-order valence-corrected chi connectivity index (χ4v) is 3.05. The standard InChI is InChI=1S/C17H20N2O4/c1-22-17(21)14-9-8-13(15-7-4-10-23-15)19(14)11-16(20)18-12-5-2-3-6-12/h4,7-10,12H,2-3,5-6,11H2,1H3,(H,18,20). The average Bonchev–Trinajstić information content (AvgIpc) is 3.27. The van der Waals surface area contributed by atoms with Gasteiger partial charge in [0.2, 0.25) is 5.91 Å². The van der Waals surface area contributed by atoms with Crippen LogP contribution in [0.3, 0.4) is 0 Å². The second-order valence-electron chi connectivity index (χ2n) is 5.71. The first-order chi connectivity index (χ1) is 11.2. The van der Waals surface area contributed by atoms with Gasteiger partial charge in [0.25, 0.3) is 0 Å². The number of carbonyl (C=O) groups excluding carboxylic acids is 2. The van der Waals surface area contributed by atoms with Gasteiger partial charge in [0, 0.05) is 6.04 Å². The molecule has 6 nitrogen and oxygen atoms in total. The van der Waals surface area contributed by atoms with Gasteiger partial charge in [-0.25, -0.2) is 4.79 Å². The highest BCUT2D eigenvalue weighted by atomic mass is 16.5. The number of aromatic nitrogens is 1. The summed E-state index contributed by atoms with van der Waals surface area (Å²) in [6.07, 6.45) is 5.90. The first-order valence-electron chi connectivity index (χ1n) is 7.80. The second kappa shape index (κ2) is 6.73. The van der Waals surface area contributed by atoms with Crippen LogP contribution in [-0.4, -0.2) is 29.6 Å². The molecule has 23 heavy (non-hydrogen) atoms. The van der Waals surface area contributed by atoms with E-state index >= 15 is 0 Å². The average molecular weight is 316 g/mol. The molecule has 2 aromatic rings. The number of esters is 1. The third-order valence-corrected chi connectivity index (χ3v) is 4.17. The first-order valence-corrected chi connectivity index (χ1v) is 7.80. The van der Waals surface area contributed by atoms with Gasteiger partial charge in [-0.1, -0.05) is 12.8 Å². The van der Waals surface area contributed by atoms with Crippen LogP contribution in [0.4, 0.5) is 0 Å². The number of nitrogens with zero attached hydrogens (tertiary/aromatic N) is 1. The van der Waals surface area contributed by atoms with E-state index in [0.29, 0.717) is 17.1 Å². The minimum absolute atomic E-state index is 0.0595. The van der Waals surface area contributed by atoms with Crippen molar-refractivity contribution < 1.29 is 18.7 Å². The van der Waals surface area contributed by atoms with Crippen molar-refractivity contribution in [2.75, 3.05) is 7.11 Å². The van der Waals surface area contributed by atoms with E-state index in [1.165, 1.54) is 7.11 Å². The van der Waals surface area contributed by atoms with E-state index in [4.69, 9.17) is 9.15 Å². The molecule has 0 aromatic carbocycles. The maximum atomic E-state index is 12.3. The minimum atomic E-state index is -0.475. The summed E-state index contributed by atoms with van der Waals surface area (Å²) in [6.45, 7) is 0.0595. The Labute approximate surface area is 134 Å². The van der Waals surface area contributed by atoms with Crippen LogP contribution in [0.5, 0.6) is 0 Å². The first kappa shape index (κ1) is 15.4. The third kappa shape index (κ3) is 3.31. The van der Waals surface area contributed by atoms with Gasteiger partial charge >= 0.3 is 5.97 Å². The van der Waals surface area contributed by atoms with Crippen LogP contribution in [0.25, 0.3) is 11.5 Å². The molecular weight excluding hydrogens is 296 g/mol. The van der Waals surface area contributed by atoms with Gasteiger partial charge in [0.1, 0.15) is 18.0 Å². The highest BCUT2D eigenvalue weighted by Gasteiger charge is 2.22. The van der Waals surface area contributed by atoms with Gasteiger partial charge in [-0.3, -0.25) is 4.79 Å². The third-order valence-electron chi connectivity index (χ3n) is 4.17. The Hall–Kier alpha value is -2.50. The molecule has 3 rings (SSSR count). The van der Waals surface area contributed by atoms with Crippen molar-refractivity contribution >= 4 is 11.9 Å². The monoisotopic (exact) mass is 316 g/mol. The zero-order valence-electron chi connectivity index (χ0n) is 13.1. The summed E-state index contributed by atoms with van der Waals surface area (Å²) < 4.78 is 11.8. The molecule has 122 valence electrons. The van der Waals surface area contributed by atoms with Gasteiger partial charge in [0.15, 0.2) is 0 Å². The predicted molar refractivity (Wildman–Crippen MR) is 83.9 cm³/mol. The lowest BCUT2D eigenvalue weighted by Crippen LogP contribution is -2.35. The number of amides is 1. The van der Waals surface area contributed by atoms with Gasteiger partial charge in [-0.05, 0) is 37.1 Å². The van der Waals surface area contributed by atoms with Crippen molar-refractivity contribution in [2.24, 2.45) is 0 Å². The van der Waals surface area contributed by atoms with E-state index in [0.717, 1.165) is 25.7 Å². The number of nitrogens with one attached hydrogen (secondary N) is 1. The molecule has 1 fully saturated rings. The molecule has 0 spiro atoms. The molecule has 1 saturated carbocycles. The van der Waals surface area contributed by atoms with Crippen LogP contribution in [0, 0.1) is 0 Å². The summed E-state index contributed by atoms with van der Waals surface area (Å²) in [7, 11) is 1.32. The van der Waals surface area contributed by atoms with Crippen molar-refractivity contribution in [3.05, 3.63) is 36.2 Å². The van der Waals surface area contributed by atoms with Gasteiger partial charge in [-0.15, -0.1) is 0 Å². The Bertz CT molecular complexity index is 682. The smallest absolute Gasteiger partial charge is 0.354 e. The van der Waals surface area contributed by atoms with Crippen molar-refractivity contribution in [1.29, 1.82) is 0 Å². The summed E-state index contributed by atoms with van der Waals surface area (Å²) in [5.41, 5.74) is 1.01. The van der Waals surface area contributed by atoms with Gasteiger partial charge < -0.3 is 19.0 Å². The summed E-state index contributed by atoms with van der Waals surface area (Å²) in [4.78, 5) is 24.3. The molecule has 6 heteroatoms. The summed E-state index contributed by atoms with van der Waals surface area (Å²) in [5.74, 6) is 0.0244. The molecule has 0 saturated heterocycles. The van der Waals surface area contributed by atoms with E-state index < -0.39 is 5.97 Å². The lowest BCUT2D eigenvalue weighted by atomic mass is 10.2. The SMILES string of the molecule is COC(=O)c1ccc(-c2ccco2)n1CC(=O)NC1CCCC1. The quantitative estimate of drug-likeness (QED) is 0.861. The lowest BCUT2D eigenvalue weighted by molar-refractivity contribution is -0.122. The normalized spacial score (nSPS) is 14.8. The van der Waals surface area contributed by atoms with Crippen LogP contribution < -0.4 is 5.32 Å². The fourth-order valence-electron chi connectivity index (χ4n) is 3.05. The topological polar surface area (TPSA) is 73.5 Å². The molecule has 2 heterocycles. The summed E-state index contributed by atoms with van der Waals surface area (Å²) >= 11 is 0. The Morgan fingerprint density at radius 1 is 1.30 bits per heavy atom. The molecule has 0 aliphatic heterocycles. The Morgan fingerprint density at radius 3 is 2.74 bits per heavy atom. The summed E-state index contributed by atoms with van der Waals surface area (Å²) in [6, 6.07) is 7.21. The Kier molecular flexibility index (Phi) is 4.50. The van der Waals surface area contributed by atoms with E-state index in [1.54, 1.807) is 35.1 Å². The van der Waals surface area contributed by atoms with E-state index in [9.17, 15) is 9.59 Å². The van der Waals surface area contributed by atoms with Crippen LogP contribution in [0.2, 0.25) is 0 Å². The number of furan rings is 1. The van der Waals surface area contributed by atoms with Crippen molar-refractivity contribution in [1.82, 2.24) is 9.88 Å². The van der Waals surface area contributed by atoms with Gasteiger partial charge in [-0.2, -0.15) is 0 Å². The molecule has 1 aliphatic carbocycles. The molecular formula is C17H20N2O4. The highest BCUT2D eigenvalue weighted by molar-refractivity contribution is 5.90. The maximum Gasteiger partial charge on any atom is 0.354 e. The van der Waals surface area contributed by atoms with Crippen LogP contribution in [-0.2, 0) is 16.1 Å². The van der Waals surface area contributed by atoms with Crippen LogP contribution >= 0.6 is 0 Å². The number of methoxy groups -OCH3 is 1. The van der Waals surface area contributed by atoms with E-state index in [2.05, 4.69) is 5.32 Å². The van der Waals surface area contributed by atoms with Crippen molar-refractivity contribution in [3.8, 4) is 11.5 Å². The second-order valence-corrected chi connectivity index (χ2v) is 5.71. The number of carbonyl (C=O) groups is 2. The minimum Gasteiger partial charge on any atom is -0.464 e. The summed E-state index contributed by atoms with van der Waals surface area (Å²) in [5, 5.41) is 3.03. The number of hydrogen-bond acceptors (Lipinski definition) is 4. The number of ether oxygens (including phenoxy) is 1. The molecule has 1 N–H and O–H groups in total. The zero-order chi connectivity index (χ0) is 16.2.